The molecular formula is C30H34ClNO4. The number of ether oxygens (including phenoxy) is 1. The van der Waals surface area contributed by atoms with Gasteiger partial charge in [-0.1, -0.05) is 68.1 Å². The molecule has 1 atom stereocenters. The number of hydrogen-bond acceptors (Lipinski definition) is 3. The van der Waals surface area contributed by atoms with E-state index in [9.17, 15) is 9.59 Å². The molecule has 190 valence electrons. The quantitative estimate of drug-likeness (QED) is 0.233. The van der Waals surface area contributed by atoms with Gasteiger partial charge in [0.2, 0.25) is 0 Å². The molecule has 0 fully saturated rings. The Hall–Kier alpha value is -3.31. The number of rotatable bonds is 13. The number of aryl methyl sites for hydroxylation is 1. The molecule has 0 radical (unpaired) electrons. The van der Waals surface area contributed by atoms with Gasteiger partial charge in [0.15, 0.2) is 0 Å². The zero-order chi connectivity index (χ0) is 25.9. The van der Waals surface area contributed by atoms with Gasteiger partial charge in [-0.25, -0.2) is 0 Å². The lowest BCUT2D eigenvalue weighted by Crippen LogP contribution is -2.26. The fourth-order valence-electron chi connectivity index (χ4n) is 4.04. The van der Waals surface area contributed by atoms with Crippen molar-refractivity contribution >= 4 is 23.5 Å². The first-order valence-corrected chi connectivity index (χ1v) is 12.9. The second-order valence-electron chi connectivity index (χ2n) is 8.96. The van der Waals surface area contributed by atoms with E-state index in [-0.39, 0.29) is 25.0 Å². The molecule has 0 aromatic heterocycles. The van der Waals surface area contributed by atoms with Gasteiger partial charge in [-0.2, -0.15) is 0 Å². The first kappa shape index (κ1) is 27.3. The van der Waals surface area contributed by atoms with Crippen molar-refractivity contribution in [1.29, 1.82) is 0 Å². The summed E-state index contributed by atoms with van der Waals surface area (Å²) in [6.07, 6.45) is 5.20. The van der Waals surface area contributed by atoms with Gasteiger partial charge >= 0.3 is 5.97 Å². The number of carbonyl (C=O) groups excluding carboxylic acids is 1. The van der Waals surface area contributed by atoms with Gasteiger partial charge in [-0.15, -0.1) is 0 Å². The average Bonchev–Trinajstić information content (AvgIpc) is 2.87. The Morgan fingerprint density at radius 2 is 1.64 bits per heavy atom. The number of halogens is 1. The molecule has 2 N–H and O–H groups in total. The zero-order valence-corrected chi connectivity index (χ0v) is 21.7. The van der Waals surface area contributed by atoms with Crippen LogP contribution in [0.5, 0.6) is 5.75 Å². The fourth-order valence-corrected chi connectivity index (χ4v) is 4.17. The molecule has 1 unspecified atom stereocenters. The summed E-state index contributed by atoms with van der Waals surface area (Å²) in [5.74, 6) is -0.384. The molecule has 0 aliphatic heterocycles. The van der Waals surface area contributed by atoms with Gasteiger partial charge < -0.3 is 15.2 Å². The van der Waals surface area contributed by atoms with E-state index in [2.05, 4.69) is 24.4 Å². The molecule has 6 heteroatoms. The third-order valence-electron chi connectivity index (χ3n) is 6.11. The molecule has 0 bridgehead atoms. The number of hydrogen-bond donors (Lipinski definition) is 2. The molecule has 0 saturated heterocycles. The molecule has 3 aromatic rings. The molecule has 1 amide bonds. The number of nitrogens with one attached hydrogen (secondary N) is 1. The number of aliphatic carboxylic acids is 1. The Morgan fingerprint density at radius 1 is 0.944 bits per heavy atom. The number of benzene rings is 3. The molecule has 3 rings (SSSR count). The van der Waals surface area contributed by atoms with E-state index in [1.54, 1.807) is 12.1 Å². The molecule has 3 aromatic carbocycles. The van der Waals surface area contributed by atoms with Crippen LogP contribution in [-0.4, -0.2) is 23.5 Å². The van der Waals surface area contributed by atoms with Crippen molar-refractivity contribution in [1.82, 2.24) is 5.32 Å². The lowest BCUT2D eigenvalue weighted by molar-refractivity contribution is -0.136. The van der Waals surface area contributed by atoms with Crippen LogP contribution in [0.1, 0.15) is 73.0 Å². The van der Waals surface area contributed by atoms with Crippen molar-refractivity contribution in [2.75, 3.05) is 6.54 Å². The summed E-state index contributed by atoms with van der Waals surface area (Å²) in [5, 5.41) is 12.1. The highest BCUT2D eigenvalue weighted by Gasteiger charge is 2.16. The minimum atomic E-state index is -0.940. The summed E-state index contributed by atoms with van der Waals surface area (Å²) < 4.78 is 6.53. The van der Waals surface area contributed by atoms with Crippen molar-refractivity contribution in [3.05, 3.63) is 88.4 Å². The van der Waals surface area contributed by atoms with Crippen LogP contribution in [0.4, 0.5) is 0 Å². The van der Waals surface area contributed by atoms with Crippen LogP contribution in [-0.2, 0) is 4.79 Å². The highest BCUT2D eigenvalue weighted by Crippen LogP contribution is 2.32. The highest BCUT2D eigenvalue weighted by molar-refractivity contribution is 6.30. The summed E-state index contributed by atoms with van der Waals surface area (Å²) in [6, 6.07) is 21.4. The van der Waals surface area contributed by atoms with Crippen molar-refractivity contribution in [3.8, 4) is 16.9 Å². The van der Waals surface area contributed by atoms with E-state index < -0.39 is 5.97 Å². The first-order valence-electron chi connectivity index (χ1n) is 12.5. The van der Waals surface area contributed by atoms with Crippen molar-refractivity contribution in [2.24, 2.45) is 0 Å². The van der Waals surface area contributed by atoms with Gasteiger partial charge in [0.25, 0.3) is 5.91 Å². The molecule has 0 aliphatic rings. The number of carboxylic acid groups (broad SMARTS) is 1. The summed E-state index contributed by atoms with van der Waals surface area (Å²) >= 11 is 6.03. The third kappa shape index (κ3) is 8.13. The van der Waals surface area contributed by atoms with Crippen LogP contribution in [0.25, 0.3) is 11.1 Å². The maximum Gasteiger partial charge on any atom is 0.305 e. The summed E-state index contributed by atoms with van der Waals surface area (Å²) in [4.78, 5) is 23.0. The predicted octanol–water partition coefficient (Wildman–Crippen LogP) is 7.61. The summed E-state index contributed by atoms with van der Waals surface area (Å²) in [7, 11) is 0. The number of carbonyl (C=O) groups is 2. The second-order valence-corrected chi connectivity index (χ2v) is 9.40. The number of amides is 1. The van der Waals surface area contributed by atoms with Crippen LogP contribution in [0.2, 0.25) is 5.02 Å². The lowest BCUT2D eigenvalue weighted by atomic mass is 10.00. The van der Waals surface area contributed by atoms with E-state index in [1.807, 2.05) is 49.4 Å². The SMILES string of the molecule is CCCCCCC(Oc1ccc(-c2ccc(Cl)cc2)cc1C)c1ccc(C(=O)NCCC(=O)O)cc1. The van der Waals surface area contributed by atoms with E-state index in [0.717, 1.165) is 47.3 Å². The highest BCUT2D eigenvalue weighted by atomic mass is 35.5. The number of unbranched alkanes of at least 4 members (excludes halogenated alkanes) is 3. The topological polar surface area (TPSA) is 75.6 Å². The van der Waals surface area contributed by atoms with E-state index in [0.29, 0.717) is 10.6 Å². The zero-order valence-electron chi connectivity index (χ0n) is 20.9. The largest absolute Gasteiger partial charge is 0.485 e. The van der Waals surface area contributed by atoms with Crippen molar-refractivity contribution in [3.63, 3.8) is 0 Å². The fraction of sp³-hybridized carbons (Fsp3) is 0.333. The Kier molecular flexibility index (Phi) is 10.4. The monoisotopic (exact) mass is 507 g/mol. The maximum atomic E-state index is 12.3. The Morgan fingerprint density at radius 3 is 2.28 bits per heavy atom. The van der Waals surface area contributed by atoms with Gasteiger partial charge in [0.1, 0.15) is 11.9 Å². The van der Waals surface area contributed by atoms with E-state index >= 15 is 0 Å². The van der Waals surface area contributed by atoms with Gasteiger partial charge in [0.05, 0.1) is 6.42 Å². The molecule has 0 saturated carbocycles. The van der Waals surface area contributed by atoms with Crippen LogP contribution >= 0.6 is 11.6 Å². The van der Waals surface area contributed by atoms with E-state index in [4.69, 9.17) is 21.4 Å². The van der Waals surface area contributed by atoms with E-state index in [1.165, 1.54) is 12.8 Å². The first-order chi connectivity index (χ1) is 17.4. The van der Waals surface area contributed by atoms with Crippen LogP contribution in [0.3, 0.4) is 0 Å². The molecule has 0 heterocycles. The third-order valence-corrected chi connectivity index (χ3v) is 6.36. The standard InChI is InChI=1S/C30H34ClNO4/c1-3-4-5-6-7-28(23-8-10-24(11-9-23)30(35)32-19-18-29(33)34)36-27-17-14-25(20-21(27)2)22-12-15-26(31)16-13-22/h8-17,20,28H,3-7,18-19H2,1-2H3,(H,32,35)(H,33,34). The van der Waals surface area contributed by atoms with Crippen LogP contribution in [0, 0.1) is 6.92 Å². The average molecular weight is 508 g/mol. The lowest BCUT2D eigenvalue weighted by Gasteiger charge is -2.22. The Labute approximate surface area is 218 Å². The molecule has 0 aliphatic carbocycles. The van der Waals surface area contributed by atoms with Crippen LogP contribution in [0.15, 0.2) is 66.7 Å². The molecule has 5 nitrogen and oxygen atoms in total. The smallest absolute Gasteiger partial charge is 0.305 e. The Bertz CT molecular complexity index is 1140. The predicted molar refractivity (Wildman–Crippen MR) is 145 cm³/mol. The summed E-state index contributed by atoms with van der Waals surface area (Å²) in [5.41, 5.74) is 4.76. The minimum Gasteiger partial charge on any atom is -0.485 e. The molecular weight excluding hydrogens is 474 g/mol. The van der Waals surface area contributed by atoms with Crippen LogP contribution < -0.4 is 10.1 Å². The van der Waals surface area contributed by atoms with Gasteiger partial charge in [-0.3, -0.25) is 9.59 Å². The Balaban J connectivity index is 1.74. The number of carboxylic acids is 1. The van der Waals surface area contributed by atoms with Crippen molar-refractivity contribution in [2.45, 2.75) is 58.5 Å². The summed E-state index contributed by atoms with van der Waals surface area (Å²) in [6.45, 7) is 4.34. The van der Waals surface area contributed by atoms with Crippen molar-refractivity contribution < 1.29 is 19.4 Å². The molecule has 36 heavy (non-hydrogen) atoms. The second kappa shape index (κ2) is 13.7. The van der Waals surface area contributed by atoms with Gasteiger partial charge in [-0.05, 0) is 78.4 Å². The van der Waals surface area contributed by atoms with Gasteiger partial charge in [0, 0.05) is 17.1 Å². The minimum absolute atomic E-state index is 0.102. The normalized spacial score (nSPS) is 11.6. The maximum absolute atomic E-state index is 12.3. The molecule has 0 spiro atoms.